The number of ether oxygens (including phenoxy) is 16. The Kier molecular flexibility index (Phi) is 20.4. The summed E-state index contributed by atoms with van der Waals surface area (Å²) in [4.78, 5) is 145. The molecule has 0 aromatic heterocycles. The van der Waals surface area contributed by atoms with E-state index in [0.717, 1.165) is 62.3 Å². The first kappa shape index (κ1) is 60.4. The van der Waals surface area contributed by atoms with Crippen LogP contribution in [0.5, 0.6) is 11.5 Å². The summed E-state index contributed by atoms with van der Waals surface area (Å²) in [5.41, 5.74) is -0.279. The number of carbonyl (C=O) groups is 11. The van der Waals surface area contributed by atoms with Gasteiger partial charge >= 0.3 is 53.7 Å². The van der Waals surface area contributed by atoms with E-state index in [2.05, 4.69) is 0 Å². The Bertz CT molecular complexity index is 2590. The minimum absolute atomic E-state index is 0.111. The van der Waals surface area contributed by atoms with E-state index in [0.29, 0.717) is 10.6 Å². The van der Waals surface area contributed by atoms with Crippen LogP contribution in [-0.4, -0.2) is 189 Å². The van der Waals surface area contributed by atoms with Crippen molar-refractivity contribution >= 4 is 65.5 Å². The Labute approximate surface area is 450 Å². The van der Waals surface area contributed by atoms with Crippen molar-refractivity contribution < 1.29 is 129 Å². The highest BCUT2D eigenvalue weighted by Crippen LogP contribution is 2.41. The third kappa shape index (κ3) is 15.3. The highest BCUT2D eigenvalue weighted by Gasteiger charge is 2.62. The van der Waals surface area contributed by atoms with Crippen LogP contribution in [-0.2, 0) is 109 Å². The Morgan fingerprint density at radius 3 is 1.20 bits per heavy atom. The summed E-state index contributed by atoms with van der Waals surface area (Å²) in [5, 5.41) is 0. The number of esters is 9. The van der Waals surface area contributed by atoms with E-state index < -0.39 is 177 Å². The summed E-state index contributed by atoms with van der Waals surface area (Å²) < 4.78 is 94.3. The van der Waals surface area contributed by atoms with Gasteiger partial charge in [-0.3, -0.25) is 57.6 Å². The fraction of sp³-hybridized carbons (Fsp3) is 0.549. The maximum atomic E-state index is 14.5. The van der Waals surface area contributed by atoms with Crippen LogP contribution in [0.25, 0.3) is 0 Å². The molecule has 0 radical (unpaired) electrons. The van der Waals surface area contributed by atoms with Crippen LogP contribution in [0.3, 0.4) is 0 Å². The molecule has 0 aliphatic carbocycles. The van der Waals surface area contributed by atoms with Crippen molar-refractivity contribution in [3.8, 4) is 11.5 Å². The second kappa shape index (κ2) is 26.7. The quantitative estimate of drug-likeness (QED) is 0.101. The van der Waals surface area contributed by atoms with E-state index in [4.69, 9.17) is 75.8 Å². The molecule has 28 nitrogen and oxygen atoms in total. The molecule has 4 aliphatic rings. The Morgan fingerprint density at radius 2 is 0.759 bits per heavy atom. The lowest BCUT2D eigenvalue weighted by Gasteiger charge is -2.51. The molecule has 0 bridgehead atoms. The number of rotatable bonds is 20. The smallest absolute Gasteiger partial charge is 0.303 e. The first-order valence-electron chi connectivity index (χ1n) is 24.4. The predicted octanol–water partition coefficient (Wildman–Crippen LogP) is 0.963. The standard InChI is InChI=1S/C51H59NO27/c1-22(53)65-19-35-39(68-25(4)56)42(70-27(6)58)38(52-47(62)33-13-11-12-14-34(33)48(52)63)49(75-35)79-44-40(69-26(5)57)36(20-66-23(2)54)77-51(46(44)73-30(9)61)78-41-37(21-67-24(3)55)76-50(74-32-17-15-31(64-10)16-18-32)45(72-29(8)60)43(41)71-28(7)59/h11-18,35-46,49-51H,19-21H2,1-10H3/t35-,36-,37-,38-,39-,40+,41-,42-,43+,44+,45-,46-,49+,50-,51+/m1/s1. The molecule has 2 aromatic rings. The van der Waals surface area contributed by atoms with E-state index >= 15 is 0 Å². The van der Waals surface area contributed by atoms with Crippen molar-refractivity contribution in [3.63, 3.8) is 0 Å². The first-order valence-corrected chi connectivity index (χ1v) is 24.4. The van der Waals surface area contributed by atoms with Gasteiger partial charge in [0.05, 0.1) is 18.2 Å². The molecule has 3 fully saturated rings. The zero-order chi connectivity index (χ0) is 58.0. The monoisotopic (exact) mass is 1120 g/mol. The maximum Gasteiger partial charge on any atom is 0.303 e. The highest BCUT2D eigenvalue weighted by molar-refractivity contribution is 6.21. The van der Waals surface area contributed by atoms with Gasteiger partial charge < -0.3 is 75.8 Å². The van der Waals surface area contributed by atoms with Gasteiger partial charge in [0.2, 0.25) is 12.4 Å². The Morgan fingerprint density at radius 1 is 0.405 bits per heavy atom. The molecule has 15 atom stereocenters. The largest absolute Gasteiger partial charge is 0.497 e. The third-order valence-corrected chi connectivity index (χ3v) is 12.0. The van der Waals surface area contributed by atoms with Gasteiger partial charge in [-0.05, 0) is 36.4 Å². The molecule has 0 N–H and O–H groups in total. The van der Waals surface area contributed by atoms with Crippen LogP contribution in [0.15, 0.2) is 48.5 Å². The summed E-state index contributed by atoms with van der Waals surface area (Å²) in [6, 6.07) is 9.55. The number of carbonyl (C=O) groups excluding carboxylic acids is 11. The lowest BCUT2D eigenvalue weighted by atomic mass is 9.93. The molecule has 28 heteroatoms. The molecule has 4 heterocycles. The van der Waals surface area contributed by atoms with E-state index in [1.54, 1.807) is 0 Å². The molecule has 4 aliphatic heterocycles. The predicted molar refractivity (Wildman–Crippen MR) is 253 cm³/mol. The van der Waals surface area contributed by atoms with Crippen LogP contribution in [0.4, 0.5) is 0 Å². The second-order valence-electron chi connectivity index (χ2n) is 18.0. The molecular weight excluding hydrogens is 1060 g/mol. The van der Waals surface area contributed by atoms with Crippen molar-refractivity contribution in [2.24, 2.45) is 0 Å². The van der Waals surface area contributed by atoms with Gasteiger partial charge in [-0.2, -0.15) is 0 Å². The van der Waals surface area contributed by atoms with Crippen LogP contribution < -0.4 is 9.47 Å². The number of hydrogen-bond donors (Lipinski definition) is 0. The van der Waals surface area contributed by atoms with Gasteiger partial charge in [0.1, 0.15) is 67.9 Å². The SMILES string of the molecule is COc1ccc(O[C@@H]2O[C@H](COC(C)=O)[C@@H](O[C@@H]3O[C@H](COC(C)=O)[C@H](OC(C)=O)[C@H](O[C@@H]4O[C@H](COC(C)=O)[C@@H](OC(C)=O)[C@H](OC(C)=O)[C@H]4N4C(=O)c5ccccc5C4=O)[C@H]3OC(C)=O)[C@H](OC(C)=O)[C@H]2OC(C)=O)cc1. The van der Waals surface area contributed by atoms with Gasteiger partial charge in [0.25, 0.3) is 11.8 Å². The highest BCUT2D eigenvalue weighted by atomic mass is 16.8. The fourth-order valence-electron chi connectivity index (χ4n) is 9.09. The number of methoxy groups -OCH3 is 1. The topological polar surface area (TPSA) is 339 Å². The summed E-state index contributed by atoms with van der Waals surface area (Å²) >= 11 is 0. The summed E-state index contributed by atoms with van der Waals surface area (Å²) in [5.74, 6) is -10.3. The van der Waals surface area contributed by atoms with E-state index in [1.807, 2.05) is 0 Å². The first-order chi connectivity index (χ1) is 37.4. The lowest BCUT2D eigenvalue weighted by Crippen LogP contribution is -2.71. The molecule has 0 spiro atoms. The van der Waals surface area contributed by atoms with E-state index in [-0.39, 0.29) is 16.9 Å². The molecule has 79 heavy (non-hydrogen) atoms. The van der Waals surface area contributed by atoms with E-state index in [1.165, 1.54) is 55.6 Å². The second-order valence-corrected chi connectivity index (χ2v) is 18.0. The normalized spacial score (nSPS) is 29.1. The van der Waals surface area contributed by atoms with Gasteiger partial charge in [-0.25, -0.2) is 0 Å². The Balaban J connectivity index is 1.55. The van der Waals surface area contributed by atoms with Crippen molar-refractivity contribution in [1.29, 1.82) is 0 Å². The van der Waals surface area contributed by atoms with Crippen LogP contribution >= 0.6 is 0 Å². The third-order valence-electron chi connectivity index (χ3n) is 12.0. The molecular formula is C51H59NO27. The zero-order valence-electron chi connectivity index (χ0n) is 44.4. The average molecular weight is 1120 g/mol. The van der Waals surface area contributed by atoms with Crippen molar-refractivity contribution in [3.05, 3.63) is 59.7 Å². The number of benzene rings is 2. The molecule has 0 saturated carbocycles. The fourth-order valence-corrected chi connectivity index (χ4v) is 9.09. The van der Waals surface area contributed by atoms with Crippen molar-refractivity contribution in [1.82, 2.24) is 4.90 Å². The molecule has 2 amide bonds. The van der Waals surface area contributed by atoms with Crippen LogP contribution in [0.1, 0.15) is 83.0 Å². The number of imide groups is 1. The van der Waals surface area contributed by atoms with Crippen LogP contribution in [0, 0.1) is 0 Å². The number of amides is 2. The maximum absolute atomic E-state index is 14.5. The van der Waals surface area contributed by atoms with E-state index in [9.17, 15) is 52.7 Å². The zero-order valence-corrected chi connectivity index (χ0v) is 44.4. The van der Waals surface area contributed by atoms with Gasteiger partial charge in [0.15, 0.2) is 43.1 Å². The average Bonchev–Trinajstić information content (AvgIpc) is 3.80. The van der Waals surface area contributed by atoms with Gasteiger partial charge in [0, 0.05) is 62.3 Å². The molecule has 3 saturated heterocycles. The minimum Gasteiger partial charge on any atom is -0.497 e. The number of fused-ring (bicyclic) bond motifs is 1. The summed E-state index contributed by atoms with van der Waals surface area (Å²) in [6.45, 7) is 6.66. The molecule has 0 unspecified atom stereocenters. The van der Waals surface area contributed by atoms with Gasteiger partial charge in [-0.15, -0.1) is 0 Å². The van der Waals surface area contributed by atoms with Crippen molar-refractivity contribution in [2.75, 3.05) is 26.9 Å². The molecule has 6 rings (SSSR count). The number of nitrogens with zero attached hydrogens (tertiary/aromatic N) is 1. The minimum atomic E-state index is -2.19. The lowest BCUT2D eigenvalue weighted by molar-refractivity contribution is -0.374. The summed E-state index contributed by atoms with van der Waals surface area (Å²) in [7, 11) is 1.43. The Hall–Kier alpha value is -7.79. The molecule has 430 valence electrons. The molecule has 2 aromatic carbocycles. The van der Waals surface area contributed by atoms with Gasteiger partial charge in [-0.1, -0.05) is 12.1 Å². The van der Waals surface area contributed by atoms with Crippen LogP contribution in [0.2, 0.25) is 0 Å². The van der Waals surface area contributed by atoms with Crippen molar-refractivity contribution in [2.45, 2.75) is 154 Å². The number of hydrogen-bond acceptors (Lipinski definition) is 27. The summed E-state index contributed by atoms with van der Waals surface area (Å²) in [6.07, 6.45) is -26.3.